The van der Waals surface area contributed by atoms with Crippen LogP contribution in [0.2, 0.25) is 0 Å². The number of hydrogen-bond donors (Lipinski definition) is 1. The number of amides is 1. The van der Waals surface area contributed by atoms with Crippen molar-refractivity contribution >= 4 is 11.9 Å². The number of piperazine rings is 1. The number of nitrogens with one attached hydrogen (secondary N) is 1. The molecule has 2 aliphatic heterocycles. The van der Waals surface area contributed by atoms with E-state index < -0.39 is 0 Å². The van der Waals surface area contributed by atoms with Crippen LogP contribution in [0.1, 0.15) is 47.0 Å². The Morgan fingerprint density at radius 1 is 1.08 bits per heavy atom. The van der Waals surface area contributed by atoms with E-state index >= 15 is 0 Å². The summed E-state index contributed by atoms with van der Waals surface area (Å²) in [6.45, 7) is 17.1. The molecule has 6 nitrogen and oxygen atoms in total. The quantitative estimate of drug-likeness (QED) is 0.553. The summed E-state index contributed by atoms with van der Waals surface area (Å²) in [5.41, 5.74) is 0. The van der Waals surface area contributed by atoms with Gasteiger partial charge in [0.1, 0.15) is 0 Å². The topological polar surface area (TPSA) is 51.2 Å². The van der Waals surface area contributed by atoms with E-state index in [-0.39, 0.29) is 5.91 Å². The van der Waals surface area contributed by atoms with Crippen molar-refractivity contribution in [2.45, 2.75) is 47.0 Å². The number of guanidine groups is 1. The van der Waals surface area contributed by atoms with Gasteiger partial charge in [0.05, 0.1) is 6.54 Å². The first kappa shape index (κ1) is 21.0. The first-order valence-electron chi connectivity index (χ1n) is 10.6. The minimum atomic E-state index is 0.193. The summed E-state index contributed by atoms with van der Waals surface area (Å²) in [7, 11) is 0. The zero-order chi connectivity index (χ0) is 18.9. The van der Waals surface area contributed by atoms with Crippen LogP contribution in [0.25, 0.3) is 0 Å². The molecule has 2 heterocycles. The largest absolute Gasteiger partial charge is 0.357 e. The third kappa shape index (κ3) is 5.86. The molecule has 2 rings (SSSR count). The number of nitrogens with zero attached hydrogens (tertiary/aromatic N) is 4. The van der Waals surface area contributed by atoms with Gasteiger partial charge in [-0.2, -0.15) is 0 Å². The number of carbonyl (C=O) groups is 1. The van der Waals surface area contributed by atoms with Gasteiger partial charge in [-0.15, -0.1) is 0 Å². The molecule has 0 radical (unpaired) electrons. The van der Waals surface area contributed by atoms with Crippen molar-refractivity contribution in [3.8, 4) is 0 Å². The second-order valence-corrected chi connectivity index (χ2v) is 7.65. The fourth-order valence-corrected chi connectivity index (χ4v) is 4.33. The van der Waals surface area contributed by atoms with Gasteiger partial charge in [0.25, 0.3) is 0 Å². The highest BCUT2D eigenvalue weighted by molar-refractivity contribution is 5.80. The standard InChI is InChI=1S/C20H39N5O/c1-5-18(6-2)19-8-10-25(16-19)20(21-7-3)22-9-11-23-12-14-24(15-13-23)17(4)26/h18-19H,5-16H2,1-4H3,(H,21,22). The van der Waals surface area contributed by atoms with E-state index in [0.717, 1.165) is 76.7 Å². The highest BCUT2D eigenvalue weighted by Crippen LogP contribution is 2.28. The molecule has 26 heavy (non-hydrogen) atoms. The van der Waals surface area contributed by atoms with Crippen molar-refractivity contribution in [1.82, 2.24) is 20.0 Å². The predicted molar refractivity (Wildman–Crippen MR) is 108 cm³/mol. The Balaban J connectivity index is 1.81. The highest BCUT2D eigenvalue weighted by Gasteiger charge is 2.29. The molecule has 0 aliphatic carbocycles. The van der Waals surface area contributed by atoms with E-state index in [1.54, 1.807) is 6.92 Å². The minimum absolute atomic E-state index is 0.193. The average Bonchev–Trinajstić information content (AvgIpc) is 3.12. The fourth-order valence-electron chi connectivity index (χ4n) is 4.33. The molecule has 0 saturated carbocycles. The van der Waals surface area contributed by atoms with Crippen LogP contribution >= 0.6 is 0 Å². The Hall–Kier alpha value is -1.30. The van der Waals surface area contributed by atoms with Crippen molar-refractivity contribution in [3.05, 3.63) is 0 Å². The molecule has 0 spiro atoms. The molecule has 1 amide bonds. The molecule has 0 aromatic rings. The summed E-state index contributed by atoms with van der Waals surface area (Å²) in [5, 5.41) is 3.48. The summed E-state index contributed by atoms with van der Waals surface area (Å²) in [4.78, 5) is 23.1. The first-order valence-corrected chi connectivity index (χ1v) is 10.6. The maximum atomic E-state index is 11.4. The zero-order valence-corrected chi connectivity index (χ0v) is 17.3. The minimum Gasteiger partial charge on any atom is -0.357 e. The molecule has 0 bridgehead atoms. The molecule has 0 aromatic carbocycles. The van der Waals surface area contributed by atoms with Gasteiger partial charge >= 0.3 is 0 Å². The lowest BCUT2D eigenvalue weighted by Crippen LogP contribution is -2.48. The molecule has 2 saturated heterocycles. The van der Waals surface area contributed by atoms with Crippen LogP contribution in [0, 0.1) is 11.8 Å². The Labute approximate surface area is 160 Å². The lowest BCUT2D eigenvalue weighted by Gasteiger charge is -2.33. The molecule has 2 fully saturated rings. The second-order valence-electron chi connectivity index (χ2n) is 7.65. The average molecular weight is 366 g/mol. The zero-order valence-electron chi connectivity index (χ0n) is 17.3. The van der Waals surface area contributed by atoms with Crippen molar-refractivity contribution in [3.63, 3.8) is 0 Å². The third-order valence-electron chi connectivity index (χ3n) is 6.07. The van der Waals surface area contributed by atoms with E-state index in [4.69, 9.17) is 4.99 Å². The third-order valence-corrected chi connectivity index (χ3v) is 6.07. The van der Waals surface area contributed by atoms with Crippen LogP contribution in [-0.4, -0.2) is 85.5 Å². The van der Waals surface area contributed by atoms with Crippen molar-refractivity contribution < 1.29 is 4.79 Å². The van der Waals surface area contributed by atoms with Gasteiger partial charge in [0, 0.05) is 59.3 Å². The summed E-state index contributed by atoms with van der Waals surface area (Å²) in [6, 6.07) is 0. The van der Waals surface area contributed by atoms with E-state index in [1.807, 2.05) is 4.90 Å². The van der Waals surface area contributed by atoms with Crippen LogP contribution in [0.5, 0.6) is 0 Å². The van der Waals surface area contributed by atoms with Crippen LogP contribution in [0.4, 0.5) is 0 Å². The van der Waals surface area contributed by atoms with Crippen molar-refractivity contribution in [1.29, 1.82) is 0 Å². The molecular weight excluding hydrogens is 326 g/mol. The van der Waals surface area contributed by atoms with Crippen molar-refractivity contribution in [2.75, 3.05) is 58.9 Å². The molecular formula is C20H39N5O. The summed E-state index contributed by atoms with van der Waals surface area (Å²) in [5.74, 6) is 2.94. The van der Waals surface area contributed by atoms with E-state index in [0.29, 0.717) is 0 Å². The van der Waals surface area contributed by atoms with Crippen LogP contribution in [0.15, 0.2) is 4.99 Å². The molecule has 1 unspecified atom stereocenters. The van der Waals surface area contributed by atoms with Gasteiger partial charge in [0.15, 0.2) is 5.96 Å². The highest BCUT2D eigenvalue weighted by atomic mass is 16.2. The van der Waals surface area contributed by atoms with E-state index in [1.165, 1.54) is 19.3 Å². The van der Waals surface area contributed by atoms with Crippen LogP contribution < -0.4 is 5.32 Å². The van der Waals surface area contributed by atoms with E-state index in [2.05, 4.69) is 35.9 Å². The molecule has 2 aliphatic rings. The Morgan fingerprint density at radius 2 is 1.77 bits per heavy atom. The predicted octanol–water partition coefficient (Wildman–Crippen LogP) is 1.87. The molecule has 1 atom stereocenters. The molecule has 6 heteroatoms. The Bertz CT molecular complexity index is 455. The summed E-state index contributed by atoms with van der Waals surface area (Å²) in [6.07, 6.45) is 3.87. The maximum absolute atomic E-state index is 11.4. The first-order chi connectivity index (χ1) is 12.6. The second kappa shape index (κ2) is 10.8. The normalized spacial score (nSPS) is 22.3. The van der Waals surface area contributed by atoms with Gasteiger partial charge in [0.2, 0.25) is 5.91 Å². The van der Waals surface area contributed by atoms with Crippen LogP contribution in [-0.2, 0) is 4.79 Å². The van der Waals surface area contributed by atoms with Gasteiger partial charge in [-0.1, -0.05) is 26.7 Å². The number of aliphatic imine (C=N–C) groups is 1. The number of likely N-dealkylation sites (tertiary alicyclic amines) is 1. The molecule has 0 aromatic heterocycles. The number of rotatable bonds is 7. The fraction of sp³-hybridized carbons (Fsp3) is 0.900. The Morgan fingerprint density at radius 3 is 2.35 bits per heavy atom. The molecule has 1 N–H and O–H groups in total. The lowest BCUT2D eigenvalue weighted by molar-refractivity contribution is -0.130. The monoisotopic (exact) mass is 365 g/mol. The SMILES string of the molecule is CCNC(=NCCN1CCN(C(C)=O)CC1)N1CCC(C(CC)CC)C1. The van der Waals surface area contributed by atoms with Gasteiger partial charge in [-0.05, 0) is 25.2 Å². The number of carbonyl (C=O) groups excluding carboxylic acids is 1. The maximum Gasteiger partial charge on any atom is 0.219 e. The van der Waals surface area contributed by atoms with Crippen molar-refractivity contribution in [2.24, 2.45) is 16.8 Å². The van der Waals surface area contributed by atoms with E-state index in [9.17, 15) is 4.79 Å². The smallest absolute Gasteiger partial charge is 0.219 e. The summed E-state index contributed by atoms with van der Waals surface area (Å²) < 4.78 is 0. The van der Waals surface area contributed by atoms with Gasteiger partial charge in [-0.25, -0.2) is 0 Å². The number of hydrogen-bond acceptors (Lipinski definition) is 3. The van der Waals surface area contributed by atoms with Gasteiger partial charge < -0.3 is 15.1 Å². The lowest BCUT2D eigenvalue weighted by atomic mass is 9.87. The van der Waals surface area contributed by atoms with Crippen LogP contribution in [0.3, 0.4) is 0 Å². The van der Waals surface area contributed by atoms with Gasteiger partial charge in [-0.3, -0.25) is 14.7 Å². The molecule has 150 valence electrons. The summed E-state index contributed by atoms with van der Waals surface area (Å²) >= 11 is 0. The Kier molecular flexibility index (Phi) is 8.69.